The van der Waals surface area contributed by atoms with E-state index >= 15 is 0 Å². The number of methoxy groups -OCH3 is 4. The van der Waals surface area contributed by atoms with Gasteiger partial charge in [0, 0.05) is 17.2 Å². The van der Waals surface area contributed by atoms with Crippen LogP contribution in [0.3, 0.4) is 0 Å². The molecule has 0 N–H and O–H groups in total. The van der Waals surface area contributed by atoms with Crippen LogP contribution >= 0.6 is 11.3 Å². The van der Waals surface area contributed by atoms with Crippen LogP contribution in [0.4, 0.5) is 0 Å². The summed E-state index contributed by atoms with van der Waals surface area (Å²) in [7, 11) is 6.21. The second kappa shape index (κ2) is 10.9. The highest BCUT2D eigenvalue weighted by Crippen LogP contribution is 2.37. The average Bonchev–Trinajstić information content (AvgIpc) is 3.21. The van der Waals surface area contributed by atoms with Crippen molar-refractivity contribution in [2.24, 2.45) is 4.99 Å². The standard InChI is InChI=1S/C27H28N2O7S/c1-7-36-26(31)23-15(2)28-27-29(24(23)19-13-17(32-3)10-11-20(19)34-5)25(30)22(37-27)12-16-8-9-18(33-4)14-21(16)35-6/h8-14,24H,7H2,1-6H3/b22-12-. The molecule has 10 heteroatoms. The Morgan fingerprint density at radius 3 is 2.32 bits per heavy atom. The molecule has 1 aromatic heterocycles. The van der Waals surface area contributed by atoms with Gasteiger partial charge >= 0.3 is 5.97 Å². The van der Waals surface area contributed by atoms with Crippen molar-refractivity contribution in [1.29, 1.82) is 0 Å². The summed E-state index contributed by atoms with van der Waals surface area (Å²) in [5.74, 6) is 1.69. The van der Waals surface area contributed by atoms with E-state index in [1.54, 1.807) is 71.6 Å². The first-order valence-corrected chi connectivity index (χ1v) is 12.3. The van der Waals surface area contributed by atoms with Crippen LogP contribution in [0.15, 0.2) is 57.5 Å². The summed E-state index contributed by atoms with van der Waals surface area (Å²) in [5, 5.41) is 0. The van der Waals surface area contributed by atoms with Crippen LogP contribution < -0.4 is 33.8 Å². The normalized spacial score (nSPS) is 15.1. The minimum absolute atomic E-state index is 0.180. The summed E-state index contributed by atoms with van der Waals surface area (Å²) in [4.78, 5) is 32.1. The molecule has 3 aromatic rings. The maximum Gasteiger partial charge on any atom is 0.338 e. The molecule has 1 atom stereocenters. The van der Waals surface area contributed by atoms with E-state index in [2.05, 4.69) is 4.99 Å². The SMILES string of the molecule is CCOC(=O)C1=C(C)N=c2s/c(=C\c3ccc(OC)cc3OC)c(=O)n2C1c1cc(OC)ccc1OC. The lowest BCUT2D eigenvalue weighted by atomic mass is 9.94. The lowest BCUT2D eigenvalue weighted by molar-refractivity contribution is -0.139. The fourth-order valence-electron chi connectivity index (χ4n) is 4.22. The molecule has 9 nitrogen and oxygen atoms in total. The highest BCUT2D eigenvalue weighted by molar-refractivity contribution is 7.07. The Morgan fingerprint density at radius 2 is 1.68 bits per heavy atom. The monoisotopic (exact) mass is 524 g/mol. The lowest BCUT2D eigenvalue weighted by Gasteiger charge is -2.26. The molecule has 0 fully saturated rings. The number of ether oxygens (including phenoxy) is 5. The molecule has 0 radical (unpaired) electrons. The van der Waals surface area contributed by atoms with Gasteiger partial charge in [0.05, 0.1) is 50.8 Å². The quantitative estimate of drug-likeness (QED) is 0.418. The largest absolute Gasteiger partial charge is 0.497 e. The van der Waals surface area contributed by atoms with E-state index < -0.39 is 12.0 Å². The van der Waals surface area contributed by atoms with Gasteiger partial charge in [0.1, 0.15) is 29.0 Å². The number of aromatic nitrogens is 1. The number of benzene rings is 2. The van der Waals surface area contributed by atoms with Crippen LogP contribution in [0.2, 0.25) is 0 Å². The average molecular weight is 525 g/mol. The molecule has 4 rings (SSSR count). The maximum atomic E-state index is 13.9. The zero-order chi connectivity index (χ0) is 26.7. The fraction of sp³-hybridized carbons (Fsp3) is 0.296. The second-order valence-electron chi connectivity index (χ2n) is 8.02. The van der Waals surface area contributed by atoms with E-state index in [0.29, 0.717) is 49.2 Å². The number of thiazole rings is 1. The Kier molecular flexibility index (Phi) is 7.68. The molecule has 1 aliphatic heterocycles. The Bertz CT molecular complexity index is 1550. The van der Waals surface area contributed by atoms with Crippen LogP contribution in [0.25, 0.3) is 6.08 Å². The van der Waals surface area contributed by atoms with Crippen LogP contribution in [0.5, 0.6) is 23.0 Å². The van der Waals surface area contributed by atoms with Gasteiger partial charge < -0.3 is 23.7 Å². The molecule has 0 bridgehead atoms. The third kappa shape index (κ3) is 4.84. The molecule has 2 aromatic carbocycles. The lowest BCUT2D eigenvalue weighted by Crippen LogP contribution is -2.40. The van der Waals surface area contributed by atoms with Gasteiger partial charge in [0.15, 0.2) is 4.80 Å². The molecule has 0 spiro atoms. The van der Waals surface area contributed by atoms with Gasteiger partial charge in [0.25, 0.3) is 5.56 Å². The number of hydrogen-bond acceptors (Lipinski definition) is 9. The van der Waals surface area contributed by atoms with Crippen molar-refractivity contribution < 1.29 is 28.5 Å². The summed E-state index contributed by atoms with van der Waals surface area (Å²) in [5.41, 5.74) is 1.68. The first-order valence-electron chi connectivity index (χ1n) is 11.5. The van der Waals surface area contributed by atoms with Crippen molar-refractivity contribution in [3.63, 3.8) is 0 Å². The Balaban J connectivity index is 2.01. The number of allylic oxidation sites excluding steroid dienone is 1. The van der Waals surface area contributed by atoms with E-state index in [9.17, 15) is 9.59 Å². The van der Waals surface area contributed by atoms with E-state index in [1.165, 1.54) is 23.0 Å². The topological polar surface area (TPSA) is 97.6 Å². The van der Waals surface area contributed by atoms with Crippen molar-refractivity contribution in [2.45, 2.75) is 19.9 Å². The van der Waals surface area contributed by atoms with Crippen LogP contribution in [0.1, 0.15) is 31.0 Å². The zero-order valence-electron chi connectivity index (χ0n) is 21.5. The van der Waals surface area contributed by atoms with Crippen molar-refractivity contribution in [3.8, 4) is 23.0 Å². The van der Waals surface area contributed by atoms with Crippen LogP contribution in [-0.4, -0.2) is 45.6 Å². The molecule has 0 aliphatic carbocycles. The van der Waals surface area contributed by atoms with Crippen molar-refractivity contribution in [1.82, 2.24) is 4.57 Å². The summed E-state index contributed by atoms with van der Waals surface area (Å²) in [6.07, 6.45) is 1.74. The van der Waals surface area contributed by atoms with Gasteiger partial charge in [0.2, 0.25) is 0 Å². The third-order valence-corrected chi connectivity index (χ3v) is 6.96. The number of esters is 1. The van der Waals surface area contributed by atoms with Gasteiger partial charge in [-0.25, -0.2) is 9.79 Å². The first-order chi connectivity index (χ1) is 17.9. The first kappa shape index (κ1) is 26.0. The third-order valence-electron chi connectivity index (χ3n) is 5.98. The van der Waals surface area contributed by atoms with E-state index in [-0.39, 0.29) is 17.7 Å². The van der Waals surface area contributed by atoms with Crippen LogP contribution in [0, 0.1) is 0 Å². The minimum Gasteiger partial charge on any atom is -0.497 e. The van der Waals surface area contributed by atoms with Gasteiger partial charge in [-0.3, -0.25) is 9.36 Å². The van der Waals surface area contributed by atoms with Gasteiger partial charge in [-0.2, -0.15) is 0 Å². The molecule has 0 saturated carbocycles. The molecule has 1 unspecified atom stereocenters. The van der Waals surface area contributed by atoms with E-state index in [4.69, 9.17) is 23.7 Å². The molecule has 0 saturated heterocycles. The fourth-order valence-corrected chi connectivity index (χ4v) is 5.26. The molecular formula is C27H28N2O7S. The summed E-state index contributed by atoms with van der Waals surface area (Å²) in [6, 6.07) is 9.76. The van der Waals surface area contributed by atoms with E-state index in [1.807, 2.05) is 6.07 Å². The Labute approximate surface area is 217 Å². The van der Waals surface area contributed by atoms with Gasteiger partial charge in [-0.1, -0.05) is 11.3 Å². The second-order valence-corrected chi connectivity index (χ2v) is 9.03. The molecule has 194 valence electrons. The van der Waals surface area contributed by atoms with Gasteiger partial charge in [-0.15, -0.1) is 0 Å². The smallest absolute Gasteiger partial charge is 0.338 e. The molecule has 1 aliphatic rings. The Morgan fingerprint density at radius 1 is 1.00 bits per heavy atom. The van der Waals surface area contributed by atoms with Gasteiger partial charge in [-0.05, 0) is 50.3 Å². The predicted octanol–water partition coefficient (Wildman–Crippen LogP) is 2.83. The minimum atomic E-state index is -0.833. The summed E-state index contributed by atoms with van der Waals surface area (Å²) < 4.78 is 29.1. The molecule has 2 heterocycles. The summed E-state index contributed by atoms with van der Waals surface area (Å²) >= 11 is 1.22. The number of nitrogens with zero attached hydrogens (tertiary/aromatic N) is 2. The predicted molar refractivity (Wildman–Crippen MR) is 139 cm³/mol. The van der Waals surface area contributed by atoms with Crippen LogP contribution in [-0.2, 0) is 9.53 Å². The van der Waals surface area contributed by atoms with Crippen molar-refractivity contribution >= 4 is 23.4 Å². The molecular weight excluding hydrogens is 496 g/mol. The molecule has 37 heavy (non-hydrogen) atoms. The van der Waals surface area contributed by atoms with Crippen molar-refractivity contribution in [2.75, 3.05) is 35.0 Å². The highest BCUT2D eigenvalue weighted by Gasteiger charge is 2.35. The zero-order valence-corrected chi connectivity index (χ0v) is 22.3. The number of fused-ring (bicyclic) bond motifs is 1. The van der Waals surface area contributed by atoms with E-state index in [0.717, 1.165) is 0 Å². The number of rotatable bonds is 8. The number of carbonyl (C=O) groups is 1. The highest BCUT2D eigenvalue weighted by atomic mass is 32.1. The Hall–Kier alpha value is -4.05. The summed E-state index contributed by atoms with van der Waals surface area (Å²) in [6.45, 7) is 3.64. The number of hydrogen-bond donors (Lipinski definition) is 0. The van der Waals surface area contributed by atoms with Crippen molar-refractivity contribution in [3.05, 3.63) is 78.5 Å². The number of carbonyl (C=O) groups excluding carboxylic acids is 1. The maximum absolute atomic E-state index is 13.9. The molecule has 0 amide bonds.